The highest BCUT2D eigenvalue weighted by atomic mass is 19.1. The zero-order chi connectivity index (χ0) is 21.1. The second-order valence-corrected chi connectivity index (χ2v) is 7.75. The van der Waals surface area contributed by atoms with Crippen molar-refractivity contribution in [1.29, 1.82) is 0 Å². The van der Waals surface area contributed by atoms with E-state index < -0.39 is 11.2 Å². The zero-order valence-electron chi connectivity index (χ0n) is 16.9. The van der Waals surface area contributed by atoms with Gasteiger partial charge in [-0.25, -0.2) is 4.39 Å². The first-order valence-corrected chi connectivity index (χ1v) is 10.1. The van der Waals surface area contributed by atoms with Crippen LogP contribution in [0.15, 0.2) is 48.5 Å². The van der Waals surface area contributed by atoms with Crippen LogP contribution in [0, 0.1) is 5.82 Å². The number of amides is 2. The summed E-state index contributed by atoms with van der Waals surface area (Å²) in [7, 11) is 1.59. The molecule has 7 heteroatoms. The van der Waals surface area contributed by atoms with Crippen molar-refractivity contribution >= 4 is 17.5 Å². The molecule has 0 aromatic heterocycles. The van der Waals surface area contributed by atoms with E-state index in [4.69, 9.17) is 9.47 Å². The summed E-state index contributed by atoms with van der Waals surface area (Å²) < 4.78 is 25.2. The van der Waals surface area contributed by atoms with Gasteiger partial charge in [-0.05, 0) is 43.2 Å². The Balaban J connectivity index is 1.52. The summed E-state index contributed by atoms with van der Waals surface area (Å²) in [5, 5.41) is 3.02. The molecule has 4 rings (SSSR count). The Labute approximate surface area is 175 Å². The van der Waals surface area contributed by atoms with E-state index in [0.29, 0.717) is 43.9 Å². The standard InChI is InChI=1S/C23H25FN2O4/c1-29-18-8-6-17(7-9-18)26-15-16(14-21(26)27)25-22(28)23(10-12-30-13-11-23)19-4-2-3-5-20(19)24/h2-9,16H,10-15H2,1H3,(H,25,28)/t16-/m0/s1. The first kappa shape index (κ1) is 20.3. The van der Waals surface area contributed by atoms with Crippen LogP contribution in [-0.4, -0.2) is 44.7 Å². The molecule has 2 heterocycles. The van der Waals surface area contributed by atoms with Crippen molar-refractivity contribution in [3.05, 3.63) is 59.9 Å². The van der Waals surface area contributed by atoms with Crippen LogP contribution < -0.4 is 15.0 Å². The zero-order valence-corrected chi connectivity index (χ0v) is 16.9. The molecule has 0 bridgehead atoms. The summed E-state index contributed by atoms with van der Waals surface area (Å²) in [5.41, 5.74) is 0.162. The number of carbonyl (C=O) groups excluding carboxylic acids is 2. The molecule has 0 unspecified atom stereocenters. The third kappa shape index (κ3) is 3.77. The van der Waals surface area contributed by atoms with Gasteiger partial charge in [0.25, 0.3) is 0 Å². The van der Waals surface area contributed by atoms with Crippen LogP contribution in [-0.2, 0) is 19.7 Å². The van der Waals surface area contributed by atoms with Gasteiger partial charge in [-0.1, -0.05) is 18.2 Å². The molecule has 6 nitrogen and oxygen atoms in total. The van der Waals surface area contributed by atoms with Gasteiger partial charge in [-0.2, -0.15) is 0 Å². The Hall–Kier alpha value is -2.93. The molecule has 0 spiro atoms. The predicted molar refractivity (Wildman–Crippen MR) is 110 cm³/mol. The van der Waals surface area contributed by atoms with E-state index in [9.17, 15) is 14.0 Å². The van der Waals surface area contributed by atoms with Gasteiger partial charge in [0.15, 0.2) is 0 Å². The summed E-state index contributed by atoms with van der Waals surface area (Å²) in [5.74, 6) is 0.0150. The van der Waals surface area contributed by atoms with Crippen LogP contribution in [0.2, 0.25) is 0 Å². The fourth-order valence-electron chi connectivity index (χ4n) is 4.33. The lowest BCUT2D eigenvalue weighted by molar-refractivity contribution is -0.131. The second-order valence-electron chi connectivity index (χ2n) is 7.75. The highest BCUT2D eigenvalue weighted by Crippen LogP contribution is 2.37. The topological polar surface area (TPSA) is 67.9 Å². The molecular formula is C23H25FN2O4. The lowest BCUT2D eigenvalue weighted by Crippen LogP contribution is -2.51. The van der Waals surface area contributed by atoms with E-state index >= 15 is 0 Å². The smallest absolute Gasteiger partial charge is 0.231 e. The summed E-state index contributed by atoms with van der Waals surface area (Å²) >= 11 is 0. The average molecular weight is 412 g/mol. The molecule has 0 saturated carbocycles. The lowest BCUT2D eigenvalue weighted by atomic mass is 9.73. The minimum Gasteiger partial charge on any atom is -0.497 e. The van der Waals surface area contributed by atoms with Crippen LogP contribution in [0.1, 0.15) is 24.8 Å². The van der Waals surface area contributed by atoms with E-state index in [-0.39, 0.29) is 24.3 Å². The van der Waals surface area contributed by atoms with E-state index in [2.05, 4.69) is 5.32 Å². The normalized spacial score (nSPS) is 20.8. The molecule has 1 atom stereocenters. The largest absolute Gasteiger partial charge is 0.497 e. The molecule has 1 N–H and O–H groups in total. The van der Waals surface area contributed by atoms with Gasteiger partial charge >= 0.3 is 0 Å². The summed E-state index contributed by atoms with van der Waals surface area (Å²) in [6.07, 6.45) is 1.02. The molecule has 2 amide bonds. The molecule has 2 aliphatic heterocycles. The molecular weight excluding hydrogens is 387 g/mol. The Kier molecular flexibility index (Phi) is 5.72. The van der Waals surface area contributed by atoms with Gasteiger partial charge in [0, 0.05) is 37.4 Å². The number of carbonyl (C=O) groups is 2. The van der Waals surface area contributed by atoms with Crippen molar-refractivity contribution < 1.29 is 23.5 Å². The number of methoxy groups -OCH3 is 1. The quantitative estimate of drug-likeness (QED) is 0.820. The third-order valence-corrected chi connectivity index (χ3v) is 6.01. The highest BCUT2D eigenvalue weighted by Gasteiger charge is 2.45. The molecule has 2 aliphatic rings. The number of anilines is 1. The van der Waals surface area contributed by atoms with Crippen molar-refractivity contribution in [2.75, 3.05) is 31.8 Å². The fraction of sp³-hybridized carbons (Fsp3) is 0.391. The molecule has 158 valence electrons. The molecule has 2 aromatic carbocycles. The third-order valence-electron chi connectivity index (χ3n) is 6.01. The van der Waals surface area contributed by atoms with Gasteiger partial charge in [0.2, 0.25) is 11.8 Å². The number of nitrogens with zero attached hydrogens (tertiary/aromatic N) is 1. The van der Waals surface area contributed by atoms with Gasteiger partial charge in [0.1, 0.15) is 11.6 Å². The maximum Gasteiger partial charge on any atom is 0.231 e. The van der Waals surface area contributed by atoms with Crippen molar-refractivity contribution in [2.24, 2.45) is 0 Å². The summed E-state index contributed by atoms with van der Waals surface area (Å²) in [6.45, 7) is 1.16. The van der Waals surface area contributed by atoms with Crippen molar-refractivity contribution in [3.8, 4) is 5.75 Å². The number of nitrogens with one attached hydrogen (secondary N) is 1. The summed E-state index contributed by atoms with van der Waals surface area (Å²) in [4.78, 5) is 27.6. The van der Waals surface area contributed by atoms with Crippen LogP contribution in [0.4, 0.5) is 10.1 Å². The van der Waals surface area contributed by atoms with Crippen molar-refractivity contribution in [1.82, 2.24) is 5.32 Å². The fourth-order valence-corrected chi connectivity index (χ4v) is 4.33. The average Bonchev–Trinajstić information content (AvgIpc) is 3.14. The van der Waals surface area contributed by atoms with Crippen LogP contribution in [0.25, 0.3) is 0 Å². The molecule has 2 saturated heterocycles. The van der Waals surface area contributed by atoms with E-state index in [1.807, 2.05) is 12.1 Å². The Morgan fingerprint density at radius 2 is 1.87 bits per heavy atom. The number of ether oxygens (including phenoxy) is 2. The van der Waals surface area contributed by atoms with Gasteiger partial charge in [-0.15, -0.1) is 0 Å². The Bertz CT molecular complexity index is 925. The lowest BCUT2D eigenvalue weighted by Gasteiger charge is -2.37. The van der Waals surface area contributed by atoms with Gasteiger partial charge in [-0.3, -0.25) is 9.59 Å². The van der Waals surface area contributed by atoms with Crippen molar-refractivity contribution in [3.63, 3.8) is 0 Å². The minimum absolute atomic E-state index is 0.0580. The molecule has 0 aliphatic carbocycles. The van der Waals surface area contributed by atoms with Crippen molar-refractivity contribution in [2.45, 2.75) is 30.7 Å². The Morgan fingerprint density at radius 3 is 2.53 bits per heavy atom. The monoisotopic (exact) mass is 412 g/mol. The number of benzene rings is 2. The van der Waals surface area contributed by atoms with E-state index in [0.717, 1.165) is 5.69 Å². The van der Waals surface area contributed by atoms with Gasteiger partial charge < -0.3 is 19.7 Å². The van der Waals surface area contributed by atoms with Crippen LogP contribution in [0.3, 0.4) is 0 Å². The van der Waals surface area contributed by atoms with Gasteiger partial charge in [0.05, 0.1) is 18.6 Å². The maximum absolute atomic E-state index is 14.6. The number of halogens is 1. The maximum atomic E-state index is 14.6. The Morgan fingerprint density at radius 1 is 1.17 bits per heavy atom. The molecule has 30 heavy (non-hydrogen) atoms. The first-order valence-electron chi connectivity index (χ1n) is 10.1. The molecule has 0 radical (unpaired) electrons. The van der Waals surface area contributed by atoms with E-state index in [1.54, 1.807) is 42.3 Å². The minimum atomic E-state index is -0.986. The first-order chi connectivity index (χ1) is 14.5. The molecule has 2 fully saturated rings. The SMILES string of the molecule is COc1ccc(N2C[C@@H](NC(=O)C3(c4ccccc4F)CCOCC3)CC2=O)cc1. The second kappa shape index (κ2) is 8.44. The highest BCUT2D eigenvalue weighted by molar-refractivity contribution is 5.97. The number of hydrogen-bond acceptors (Lipinski definition) is 4. The number of hydrogen-bond donors (Lipinski definition) is 1. The number of rotatable bonds is 5. The molecule has 2 aromatic rings. The van der Waals surface area contributed by atoms with E-state index in [1.165, 1.54) is 6.07 Å². The summed E-state index contributed by atoms with van der Waals surface area (Å²) in [6, 6.07) is 13.3. The van der Waals surface area contributed by atoms with Crippen LogP contribution in [0.5, 0.6) is 5.75 Å². The van der Waals surface area contributed by atoms with Crippen LogP contribution >= 0.6 is 0 Å². The predicted octanol–water partition coefficient (Wildman–Crippen LogP) is 2.80.